The van der Waals surface area contributed by atoms with Crippen LogP contribution in [0.1, 0.15) is 12.8 Å². The van der Waals surface area contributed by atoms with Crippen molar-refractivity contribution in [1.29, 1.82) is 0 Å². The lowest BCUT2D eigenvalue weighted by Crippen LogP contribution is -2.39. The Morgan fingerprint density at radius 2 is 1.73 bits per heavy atom. The fourth-order valence-electron chi connectivity index (χ4n) is 3.23. The summed E-state index contributed by atoms with van der Waals surface area (Å²) in [5, 5.41) is 0.336. The molecule has 3 aromatic rings. The SMILES string of the molecule is FC1(F)CCN(c2cc(Cl)ncc2-n2ccnc2-c2ccccc2)CC1. The number of piperidine rings is 1. The number of hydrogen-bond acceptors (Lipinski definition) is 3. The van der Waals surface area contributed by atoms with Crippen molar-refractivity contribution in [2.75, 3.05) is 18.0 Å². The molecule has 1 saturated heterocycles. The van der Waals surface area contributed by atoms with Crippen LogP contribution < -0.4 is 4.90 Å². The molecule has 1 aromatic carbocycles. The van der Waals surface area contributed by atoms with E-state index in [0.29, 0.717) is 5.15 Å². The molecule has 4 nitrogen and oxygen atoms in total. The average molecular weight is 375 g/mol. The largest absolute Gasteiger partial charge is 0.369 e. The highest BCUT2D eigenvalue weighted by Crippen LogP contribution is 2.35. The molecule has 1 aliphatic rings. The van der Waals surface area contributed by atoms with Gasteiger partial charge in [-0.2, -0.15) is 0 Å². The number of alkyl halides is 2. The van der Waals surface area contributed by atoms with Crippen LogP contribution in [0, 0.1) is 0 Å². The predicted molar refractivity (Wildman–Crippen MR) is 98.2 cm³/mol. The fourth-order valence-corrected chi connectivity index (χ4v) is 3.38. The molecule has 0 unspecified atom stereocenters. The molecule has 2 aromatic heterocycles. The first kappa shape index (κ1) is 17.0. The molecular formula is C19H17ClF2N4. The first-order valence-corrected chi connectivity index (χ1v) is 8.79. The molecule has 0 spiro atoms. The van der Waals surface area contributed by atoms with Gasteiger partial charge in [0.1, 0.15) is 11.0 Å². The highest BCUT2D eigenvalue weighted by Gasteiger charge is 2.35. The summed E-state index contributed by atoms with van der Waals surface area (Å²) in [5.41, 5.74) is 2.52. The third kappa shape index (κ3) is 3.29. The zero-order valence-electron chi connectivity index (χ0n) is 13.9. The van der Waals surface area contributed by atoms with E-state index in [1.807, 2.05) is 46.0 Å². The first-order chi connectivity index (χ1) is 12.5. The molecule has 0 amide bonds. The van der Waals surface area contributed by atoms with Crippen LogP contribution in [-0.2, 0) is 0 Å². The Morgan fingerprint density at radius 3 is 2.46 bits per heavy atom. The van der Waals surface area contributed by atoms with Gasteiger partial charge in [0.2, 0.25) is 0 Å². The molecule has 0 saturated carbocycles. The molecule has 0 aliphatic carbocycles. The Bertz CT molecular complexity index is 901. The van der Waals surface area contributed by atoms with Gasteiger partial charge in [-0.05, 0) is 0 Å². The zero-order valence-corrected chi connectivity index (χ0v) is 14.7. The zero-order chi connectivity index (χ0) is 18.1. The van der Waals surface area contributed by atoms with Crippen molar-refractivity contribution in [3.63, 3.8) is 0 Å². The maximum Gasteiger partial charge on any atom is 0.251 e. The highest BCUT2D eigenvalue weighted by molar-refractivity contribution is 6.29. The van der Waals surface area contributed by atoms with Gasteiger partial charge in [-0.1, -0.05) is 41.9 Å². The minimum absolute atomic E-state index is 0.165. The van der Waals surface area contributed by atoms with Crippen molar-refractivity contribution in [1.82, 2.24) is 14.5 Å². The minimum atomic E-state index is -2.60. The summed E-state index contributed by atoms with van der Waals surface area (Å²) in [6, 6.07) is 11.5. The lowest BCUT2D eigenvalue weighted by atomic mass is 10.1. The van der Waals surface area contributed by atoms with Gasteiger partial charge in [0.05, 0.1) is 17.6 Å². The third-order valence-corrected chi connectivity index (χ3v) is 4.80. The Hall–Kier alpha value is -2.47. The molecule has 0 bridgehead atoms. The second-order valence-electron chi connectivity index (χ2n) is 6.33. The molecule has 26 heavy (non-hydrogen) atoms. The predicted octanol–water partition coefficient (Wildman–Crippen LogP) is 4.82. The van der Waals surface area contributed by atoms with Crippen LogP contribution in [0.2, 0.25) is 5.15 Å². The van der Waals surface area contributed by atoms with Crippen molar-refractivity contribution < 1.29 is 8.78 Å². The van der Waals surface area contributed by atoms with Gasteiger partial charge in [0.25, 0.3) is 5.92 Å². The fraction of sp³-hybridized carbons (Fsp3) is 0.263. The van der Waals surface area contributed by atoms with Crippen LogP contribution in [0.3, 0.4) is 0 Å². The Balaban J connectivity index is 1.76. The lowest BCUT2D eigenvalue weighted by molar-refractivity contribution is -0.0220. The number of halogens is 3. The van der Waals surface area contributed by atoms with E-state index in [4.69, 9.17) is 11.6 Å². The smallest absolute Gasteiger partial charge is 0.251 e. The van der Waals surface area contributed by atoms with Crippen LogP contribution in [0.25, 0.3) is 17.1 Å². The van der Waals surface area contributed by atoms with Gasteiger partial charge >= 0.3 is 0 Å². The van der Waals surface area contributed by atoms with Crippen LogP contribution in [0.4, 0.5) is 14.5 Å². The quantitative estimate of drug-likeness (QED) is 0.616. The maximum absolute atomic E-state index is 13.6. The number of pyridine rings is 1. The van der Waals surface area contributed by atoms with E-state index in [1.165, 1.54) is 0 Å². The molecule has 0 atom stereocenters. The van der Waals surface area contributed by atoms with E-state index in [0.717, 1.165) is 22.8 Å². The van der Waals surface area contributed by atoms with Crippen LogP contribution in [0.15, 0.2) is 55.0 Å². The molecule has 1 aliphatic heterocycles. The molecule has 7 heteroatoms. The topological polar surface area (TPSA) is 34.0 Å². The van der Waals surface area contributed by atoms with Gasteiger partial charge in [-0.25, -0.2) is 18.7 Å². The number of rotatable bonds is 3. The van der Waals surface area contributed by atoms with Crippen LogP contribution >= 0.6 is 11.6 Å². The Labute approximate surface area is 155 Å². The maximum atomic E-state index is 13.6. The standard InChI is InChI=1S/C19H17ClF2N4/c20-17-12-15(25-9-6-19(21,22)7-10-25)16(13-24-17)26-11-8-23-18(26)14-4-2-1-3-5-14/h1-5,8,11-13H,6-7,9-10H2. The monoisotopic (exact) mass is 374 g/mol. The number of benzene rings is 1. The van der Waals surface area contributed by atoms with E-state index in [9.17, 15) is 8.78 Å². The second-order valence-corrected chi connectivity index (χ2v) is 6.71. The summed E-state index contributed by atoms with van der Waals surface area (Å²) < 4.78 is 29.0. The van der Waals surface area contributed by atoms with Gasteiger partial charge < -0.3 is 4.90 Å². The van der Waals surface area contributed by atoms with Crippen molar-refractivity contribution in [2.24, 2.45) is 0 Å². The normalized spacial score (nSPS) is 16.7. The van der Waals surface area contributed by atoms with E-state index in [1.54, 1.807) is 18.5 Å². The second kappa shape index (κ2) is 6.68. The van der Waals surface area contributed by atoms with Crippen LogP contribution in [-0.4, -0.2) is 33.5 Å². The Kier molecular flexibility index (Phi) is 4.36. The molecule has 4 rings (SSSR count). The van der Waals surface area contributed by atoms with E-state index in [2.05, 4.69) is 9.97 Å². The molecule has 0 radical (unpaired) electrons. The van der Waals surface area contributed by atoms with Crippen LogP contribution in [0.5, 0.6) is 0 Å². The van der Waals surface area contributed by atoms with Gasteiger partial charge in [0, 0.05) is 50.0 Å². The van der Waals surface area contributed by atoms with E-state index < -0.39 is 5.92 Å². The number of imidazole rings is 1. The summed E-state index contributed by atoms with van der Waals surface area (Å²) in [7, 11) is 0. The number of aromatic nitrogens is 3. The van der Waals surface area contributed by atoms with E-state index >= 15 is 0 Å². The molecular weight excluding hydrogens is 358 g/mol. The van der Waals surface area contributed by atoms with Gasteiger partial charge in [0.15, 0.2) is 0 Å². The first-order valence-electron chi connectivity index (χ1n) is 8.41. The summed E-state index contributed by atoms with van der Waals surface area (Å²) in [6.07, 6.45) is 4.89. The molecule has 134 valence electrons. The van der Waals surface area contributed by atoms with Crippen molar-refractivity contribution in [3.8, 4) is 17.1 Å². The number of hydrogen-bond donors (Lipinski definition) is 0. The molecule has 3 heterocycles. The van der Waals surface area contributed by atoms with Crippen molar-refractivity contribution in [3.05, 3.63) is 60.1 Å². The lowest BCUT2D eigenvalue weighted by Gasteiger charge is -2.34. The van der Waals surface area contributed by atoms with Gasteiger partial charge in [-0.3, -0.25) is 4.57 Å². The van der Waals surface area contributed by atoms with Gasteiger partial charge in [-0.15, -0.1) is 0 Å². The van der Waals surface area contributed by atoms with Crippen molar-refractivity contribution in [2.45, 2.75) is 18.8 Å². The number of anilines is 1. The summed E-state index contributed by atoms with van der Waals surface area (Å²) >= 11 is 6.10. The highest BCUT2D eigenvalue weighted by atomic mass is 35.5. The van der Waals surface area contributed by atoms with E-state index in [-0.39, 0.29) is 25.9 Å². The third-order valence-electron chi connectivity index (χ3n) is 4.60. The van der Waals surface area contributed by atoms with Crippen molar-refractivity contribution >= 4 is 17.3 Å². The number of nitrogens with zero attached hydrogens (tertiary/aromatic N) is 4. The average Bonchev–Trinajstić information content (AvgIpc) is 3.12. The summed E-state index contributed by atoms with van der Waals surface area (Å²) in [5.74, 6) is -1.84. The minimum Gasteiger partial charge on any atom is -0.369 e. The molecule has 1 fully saturated rings. The Morgan fingerprint density at radius 1 is 1.00 bits per heavy atom. The molecule has 0 N–H and O–H groups in total. The summed E-state index contributed by atoms with van der Waals surface area (Å²) in [4.78, 5) is 10.6. The summed E-state index contributed by atoms with van der Waals surface area (Å²) in [6.45, 7) is 0.547.